The minimum absolute atomic E-state index is 0.00967. The van der Waals surface area contributed by atoms with Crippen molar-refractivity contribution in [3.63, 3.8) is 0 Å². The molecule has 1 aliphatic heterocycles. The summed E-state index contributed by atoms with van der Waals surface area (Å²) < 4.78 is 36.9. The van der Waals surface area contributed by atoms with Gasteiger partial charge in [0.2, 0.25) is 10.0 Å². The predicted octanol–water partition coefficient (Wildman–Crippen LogP) is 0.341. The Bertz CT molecular complexity index is 741. The second-order valence-corrected chi connectivity index (χ2v) is 7.76. The molecule has 0 saturated carbocycles. The van der Waals surface area contributed by atoms with Crippen LogP contribution in [0.5, 0.6) is 0 Å². The summed E-state index contributed by atoms with van der Waals surface area (Å²) in [4.78, 5) is 25.3. The van der Waals surface area contributed by atoms with E-state index in [0.717, 1.165) is 0 Å². The van der Waals surface area contributed by atoms with Crippen molar-refractivity contribution in [2.75, 3.05) is 40.4 Å². The Kier molecular flexibility index (Phi) is 6.15. The summed E-state index contributed by atoms with van der Waals surface area (Å²) >= 11 is 0. The van der Waals surface area contributed by atoms with Crippen molar-refractivity contribution in [2.24, 2.45) is 0 Å². The number of hydrogen-bond donors (Lipinski definition) is 0. The first kappa shape index (κ1) is 19.4. The molecule has 1 aromatic carbocycles. The maximum absolute atomic E-state index is 12.6. The van der Waals surface area contributed by atoms with Crippen molar-refractivity contribution < 1.29 is 27.5 Å². The molecule has 1 amide bonds. The number of hydrogen-bond acceptors (Lipinski definition) is 6. The summed E-state index contributed by atoms with van der Waals surface area (Å²) in [5.41, 5.74) is 0.0766. The van der Waals surface area contributed by atoms with Gasteiger partial charge >= 0.3 is 5.97 Å². The average Bonchev–Trinajstić information content (AvgIpc) is 2.61. The molecule has 2 rings (SSSR count). The van der Waals surface area contributed by atoms with Crippen LogP contribution in [0, 0.1) is 0 Å². The molecule has 0 bridgehead atoms. The van der Waals surface area contributed by atoms with Crippen LogP contribution in [-0.2, 0) is 24.3 Å². The molecule has 25 heavy (non-hydrogen) atoms. The second-order valence-electron chi connectivity index (χ2n) is 5.82. The Hall–Kier alpha value is -1.97. The molecule has 0 unspecified atom stereocenters. The van der Waals surface area contributed by atoms with E-state index >= 15 is 0 Å². The zero-order chi connectivity index (χ0) is 18.6. The first-order valence-electron chi connectivity index (χ1n) is 7.83. The Morgan fingerprint density at radius 2 is 1.88 bits per heavy atom. The van der Waals surface area contributed by atoms with Crippen LogP contribution in [0.2, 0.25) is 0 Å². The predicted molar refractivity (Wildman–Crippen MR) is 89.6 cm³/mol. The summed E-state index contributed by atoms with van der Waals surface area (Å²) in [6.07, 6.45) is -0.956. The van der Waals surface area contributed by atoms with Crippen molar-refractivity contribution in [2.45, 2.75) is 17.9 Å². The number of morpholine rings is 1. The quantitative estimate of drug-likeness (QED) is 0.694. The van der Waals surface area contributed by atoms with E-state index in [4.69, 9.17) is 9.47 Å². The summed E-state index contributed by atoms with van der Waals surface area (Å²) in [5.74, 6) is -1.10. The van der Waals surface area contributed by atoms with Crippen LogP contribution in [0.25, 0.3) is 0 Å². The van der Waals surface area contributed by atoms with Crippen LogP contribution in [0.1, 0.15) is 17.3 Å². The van der Waals surface area contributed by atoms with Crippen molar-refractivity contribution in [1.82, 2.24) is 9.21 Å². The van der Waals surface area contributed by atoms with E-state index in [2.05, 4.69) is 0 Å². The minimum atomic E-state index is -3.71. The number of esters is 1. The van der Waals surface area contributed by atoms with Gasteiger partial charge in [-0.3, -0.25) is 4.79 Å². The standard InChI is InChI=1S/C16H22N2O6S/c1-12(15(19)17(2)3)24-16(20)13-5-4-6-14(11-13)25(21,22)18-7-9-23-10-8-18/h4-6,11-12H,7-10H2,1-3H3/t12-/m1/s1. The zero-order valence-electron chi connectivity index (χ0n) is 14.5. The van der Waals surface area contributed by atoms with Gasteiger partial charge < -0.3 is 14.4 Å². The largest absolute Gasteiger partial charge is 0.449 e. The molecule has 9 heteroatoms. The fourth-order valence-electron chi connectivity index (χ4n) is 2.36. The van der Waals surface area contributed by atoms with Gasteiger partial charge in [-0.2, -0.15) is 4.31 Å². The molecular weight excluding hydrogens is 348 g/mol. The molecule has 0 spiro atoms. The number of likely N-dealkylation sites (N-methyl/N-ethyl adjacent to an activating group) is 1. The molecule has 0 aromatic heterocycles. The van der Waals surface area contributed by atoms with Crippen molar-refractivity contribution >= 4 is 21.9 Å². The van der Waals surface area contributed by atoms with Gasteiger partial charge in [0.05, 0.1) is 23.7 Å². The van der Waals surface area contributed by atoms with Crippen LogP contribution in [0.3, 0.4) is 0 Å². The Balaban J connectivity index is 2.17. The molecule has 8 nitrogen and oxygen atoms in total. The average molecular weight is 370 g/mol. The number of carbonyl (C=O) groups is 2. The number of rotatable bonds is 5. The highest BCUT2D eigenvalue weighted by molar-refractivity contribution is 7.89. The van der Waals surface area contributed by atoms with Gasteiger partial charge in [-0.1, -0.05) is 6.07 Å². The van der Waals surface area contributed by atoms with Crippen LogP contribution in [-0.4, -0.2) is 76.0 Å². The maximum atomic E-state index is 12.6. The summed E-state index contributed by atoms with van der Waals surface area (Å²) in [6, 6.07) is 5.62. The van der Waals surface area contributed by atoms with Gasteiger partial charge in [-0.05, 0) is 25.1 Å². The van der Waals surface area contributed by atoms with Gasteiger partial charge in [0.15, 0.2) is 6.10 Å². The lowest BCUT2D eigenvalue weighted by molar-refractivity contribution is -0.137. The van der Waals surface area contributed by atoms with E-state index in [0.29, 0.717) is 13.2 Å². The number of carbonyl (C=O) groups excluding carboxylic acids is 2. The van der Waals surface area contributed by atoms with Gasteiger partial charge in [0.1, 0.15) is 0 Å². The first-order chi connectivity index (χ1) is 11.7. The smallest absolute Gasteiger partial charge is 0.338 e. The lowest BCUT2D eigenvalue weighted by Crippen LogP contribution is -2.40. The van der Waals surface area contributed by atoms with Gasteiger partial charge in [-0.25, -0.2) is 13.2 Å². The van der Waals surface area contributed by atoms with Gasteiger partial charge in [0, 0.05) is 27.2 Å². The van der Waals surface area contributed by atoms with Crippen LogP contribution in [0.4, 0.5) is 0 Å². The fourth-order valence-corrected chi connectivity index (χ4v) is 3.82. The third-order valence-electron chi connectivity index (χ3n) is 3.75. The monoisotopic (exact) mass is 370 g/mol. The number of benzene rings is 1. The molecule has 1 heterocycles. The number of nitrogens with zero attached hydrogens (tertiary/aromatic N) is 2. The van der Waals surface area contributed by atoms with Crippen LogP contribution in [0.15, 0.2) is 29.2 Å². The third kappa shape index (κ3) is 4.56. The molecular formula is C16H22N2O6S. The molecule has 0 radical (unpaired) electrons. The molecule has 1 saturated heterocycles. The number of sulfonamides is 1. The Labute approximate surface area is 147 Å². The normalized spacial score (nSPS) is 16.9. The molecule has 138 valence electrons. The van der Waals surface area contributed by atoms with E-state index in [-0.39, 0.29) is 29.5 Å². The molecule has 1 aliphatic rings. The Morgan fingerprint density at radius 3 is 2.48 bits per heavy atom. The molecule has 0 N–H and O–H groups in total. The topological polar surface area (TPSA) is 93.2 Å². The van der Waals surface area contributed by atoms with E-state index in [9.17, 15) is 18.0 Å². The SMILES string of the molecule is C[C@@H](OC(=O)c1cccc(S(=O)(=O)N2CCOCC2)c1)C(=O)N(C)C. The molecule has 1 atom stereocenters. The molecule has 1 aromatic rings. The second kappa shape index (κ2) is 7.94. The third-order valence-corrected chi connectivity index (χ3v) is 5.64. The minimum Gasteiger partial charge on any atom is -0.449 e. The van der Waals surface area contributed by atoms with Crippen molar-refractivity contribution in [3.05, 3.63) is 29.8 Å². The van der Waals surface area contributed by atoms with E-state index in [1.165, 1.54) is 40.4 Å². The highest BCUT2D eigenvalue weighted by atomic mass is 32.2. The van der Waals surface area contributed by atoms with Gasteiger partial charge in [0.25, 0.3) is 5.91 Å². The molecule has 0 aliphatic carbocycles. The maximum Gasteiger partial charge on any atom is 0.338 e. The highest BCUT2D eigenvalue weighted by Crippen LogP contribution is 2.19. The Morgan fingerprint density at radius 1 is 1.24 bits per heavy atom. The van der Waals surface area contributed by atoms with E-state index < -0.39 is 22.1 Å². The van der Waals surface area contributed by atoms with Crippen LogP contribution >= 0.6 is 0 Å². The summed E-state index contributed by atoms with van der Waals surface area (Å²) in [7, 11) is -0.590. The number of amides is 1. The summed E-state index contributed by atoms with van der Waals surface area (Å²) in [5, 5.41) is 0. The lowest BCUT2D eigenvalue weighted by atomic mass is 10.2. The van der Waals surface area contributed by atoms with E-state index in [1.807, 2.05) is 0 Å². The highest BCUT2D eigenvalue weighted by Gasteiger charge is 2.27. The first-order valence-corrected chi connectivity index (χ1v) is 9.27. The lowest BCUT2D eigenvalue weighted by Gasteiger charge is -2.26. The van der Waals surface area contributed by atoms with E-state index in [1.54, 1.807) is 14.1 Å². The van der Waals surface area contributed by atoms with Crippen molar-refractivity contribution in [1.29, 1.82) is 0 Å². The molecule has 1 fully saturated rings. The van der Waals surface area contributed by atoms with Crippen LogP contribution < -0.4 is 0 Å². The zero-order valence-corrected chi connectivity index (χ0v) is 15.3. The summed E-state index contributed by atoms with van der Waals surface area (Å²) in [6.45, 7) is 2.68. The fraction of sp³-hybridized carbons (Fsp3) is 0.500. The number of ether oxygens (including phenoxy) is 2. The van der Waals surface area contributed by atoms with Gasteiger partial charge in [-0.15, -0.1) is 0 Å². The van der Waals surface area contributed by atoms with Crippen molar-refractivity contribution in [3.8, 4) is 0 Å².